The summed E-state index contributed by atoms with van der Waals surface area (Å²) in [6.45, 7) is 7.22. The molecule has 0 spiro atoms. The molecule has 0 unspecified atom stereocenters. The maximum Gasteiger partial charge on any atom is 0.224 e. The van der Waals surface area contributed by atoms with Crippen LogP contribution >= 0.6 is 0 Å². The Balaban J connectivity index is 1.48. The van der Waals surface area contributed by atoms with Crippen molar-refractivity contribution in [2.75, 3.05) is 19.6 Å². The Bertz CT molecular complexity index is 1100. The van der Waals surface area contributed by atoms with Crippen molar-refractivity contribution >= 4 is 16.9 Å². The summed E-state index contributed by atoms with van der Waals surface area (Å²) in [5.74, 6) is 0.164. The number of amides is 1. The van der Waals surface area contributed by atoms with E-state index in [-0.39, 0.29) is 11.3 Å². The monoisotopic (exact) mass is 390 g/mol. The second-order valence-electron chi connectivity index (χ2n) is 7.86. The van der Waals surface area contributed by atoms with E-state index in [1.807, 2.05) is 42.2 Å². The molecule has 5 nitrogen and oxygen atoms in total. The van der Waals surface area contributed by atoms with Gasteiger partial charge in [0.15, 0.2) is 5.43 Å². The third-order valence-corrected chi connectivity index (χ3v) is 5.70. The van der Waals surface area contributed by atoms with E-state index in [2.05, 4.69) is 24.0 Å². The lowest BCUT2D eigenvalue weighted by atomic mass is 10.1. The van der Waals surface area contributed by atoms with Gasteiger partial charge in [-0.05, 0) is 37.1 Å². The number of carbonyl (C=O) groups excluding carboxylic acids is 1. The first-order valence-corrected chi connectivity index (χ1v) is 10.1. The standard InChI is InChI=1S/C24H26N2O3/c1-17-7-8-22-21(13-17)24(28)20(16-29-22)14-25-10-9-23(27)26(12-11-25)15-19-6-4-3-5-18(19)2/h3-8,13,16H,9-12,14-15H2,1-2H3. The molecular weight excluding hydrogens is 364 g/mol. The van der Waals surface area contributed by atoms with Crippen molar-refractivity contribution in [3.05, 3.63) is 81.2 Å². The van der Waals surface area contributed by atoms with Crippen LogP contribution in [-0.2, 0) is 17.9 Å². The van der Waals surface area contributed by atoms with Gasteiger partial charge in [0, 0.05) is 44.7 Å². The predicted molar refractivity (Wildman–Crippen MR) is 114 cm³/mol. The molecule has 1 saturated heterocycles. The van der Waals surface area contributed by atoms with Crippen molar-refractivity contribution in [1.82, 2.24) is 9.80 Å². The molecule has 1 aliphatic rings. The molecule has 150 valence electrons. The van der Waals surface area contributed by atoms with Gasteiger partial charge >= 0.3 is 0 Å². The molecular formula is C24H26N2O3. The highest BCUT2D eigenvalue weighted by atomic mass is 16.3. The minimum atomic E-state index is 0.0160. The average Bonchev–Trinajstić information content (AvgIpc) is 2.88. The molecule has 0 N–H and O–H groups in total. The van der Waals surface area contributed by atoms with Gasteiger partial charge in [-0.25, -0.2) is 0 Å². The minimum Gasteiger partial charge on any atom is -0.464 e. The third-order valence-electron chi connectivity index (χ3n) is 5.70. The van der Waals surface area contributed by atoms with Crippen LogP contribution in [0.3, 0.4) is 0 Å². The van der Waals surface area contributed by atoms with Gasteiger partial charge in [0.05, 0.1) is 11.6 Å². The maximum absolute atomic E-state index is 12.9. The molecule has 5 heteroatoms. The third kappa shape index (κ3) is 4.25. The van der Waals surface area contributed by atoms with Gasteiger partial charge in [0.1, 0.15) is 5.58 Å². The normalized spacial score (nSPS) is 15.7. The summed E-state index contributed by atoms with van der Waals surface area (Å²) in [6, 6.07) is 13.8. The molecule has 1 aliphatic heterocycles. The Morgan fingerprint density at radius 3 is 2.59 bits per heavy atom. The van der Waals surface area contributed by atoms with Gasteiger partial charge in [0.2, 0.25) is 5.91 Å². The highest BCUT2D eigenvalue weighted by Crippen LogP contribution is 2.17. The van der Waals surface area contributed by atoms with Gasteiger partial charge in [-0.1, -0.05) is 35.9 Å². The summed E-state index contributed by atoms with van der Waals surface area (Å²) < 4.78 is 5.68. The summed E-state index contributed by atoms with van der Waals surface area (Å²) in [5.41, 5.74) is 4.68. The van der Waals surface area contributed by atoms with Crippen LogP contribution in [0.25, 0.3) is 11.0 Å². The molecule has 1 aromatic heterocycles. The fourth-order valence-corrected chi connectivity index (χ4v) is 3.86. The first-order valence-electron chi connectivity index (χ1n) is 10.1. The van der Waals surface area contributed by atoms with E-state index in [1.54, 1.807) is 6.26 Å². The van der Waals surface area contributed by atoms with Crippen molar-refractivity contribution in [2.45, 2.75) is 33.4 Å². The molecule has 0 atom stereocenters. The maximum atomic E-state index is 12.9. The number of nitrogens with zero attached hydrogens (tertiary/aromatic N) is 2. The molecule has 0 radical (unpaired) electrons. The summed E-state index contributed by atoms with van der Waals surface area (Å²) in [7, 11) is 0. The minimum absolute atomic E-state index is 0.0160. The molecule has 29 heavy (non-hydrogen) atoms. The Morgan fingerprint density at radius 2 is 1.76 bits per heavy atom. The van der Waals surface area contributed by atoms with Crippen LogP contribution in [0, 0.1) is 13.8 Å². The van der Waals surface area contributed by atoms with E-state index in [4.69, 9.17) is 4.42 Å². The SMILES string of the molecule is Cc1ccc2occ(CN3CCC(=O)N(Cc4ccccc4C)CC3)c(=O)c2c1. The van der Waals surface area contributed by atoms with Crippen molar-refractivity contribution in [3.63, 3.8) is 0 Å². The van der Waals surface area contributed by atoms with Crippen LogP contribution in [0.5, 0.6) is 0 Å². The molecule has 1 fully saturated rings. The topological polar surface area (TPSA) is 53.8 Å². The molecule has 0 aliphatic carbocycles. The van der Waals surface area contributed by atoms with E-state index < -0.39 is 0 Å². The first kappa shape index (κ1) is 19.4. The van der Waals surface area contributed by atoms with Crippen LogP contribution < -0.4 is 5.43 Å². The summed E-state index contributed by atoms with van der Waals surface area (Å²) >= 11 is 0. The molecule has 0 saturated carbocycles. The Morgan fingerprint density at radius 1 is 0.931 bits per heavy atom. The molecule has 2 heterocycles. The van der Waals surface area contributed by atoms with Crippen LogP contribution in [0.2, 0.25) is 0 Å². The van der Waals surface area contributed by atoms with Crippen molar-refractivity contribution in [3.8, 4) is 0 Å². The van der Waals surface area contributed by atoms with Gasteiger partial charge in [-0.2, -0.15) is 0 Å². The largest absolute Gasteiger partial charge is 0.464 e. The Hall–Kier alpha value is -2.92. The van der Waals surface area contributed by atoms with Crippen molar-refractivity contribution < 1.29 is 9.21 Å². The lowest BCUT2D eigenvalue weighted by molar-refractivity contribution is -0.130. The Labute approximate surface area is 170 Å². The Kier molecular flexibility index (Phi) is 5.49. The fraction of sp³-hybridized carbons (Fsp3) is 0.333. The molecule has 4 rings (SSSR count). The van der Waals surface area contributed by atoms with E-state index in [1.165, 1.54) is 11.1 Å². The van der Waals surface area contributed by atoms with E-state index >= 15 is 0 Å². The first-order chi connectivity index (χ1) is 14.0. The van der Waals surface area contributed by atoms with E-state index in [9.17, 15) is 9.59 Å². The van der Waals surface area contributed by atoms with Gasteiger partial charge in [0.25, 0.3) is 0 Å². The van der Waals surface area contributed by atoms with Crippen LogP contribution in [0.4, 0.5) is 0 Å². The molecule has 1 amide bonds. The predicted octanol–water partition coefficient (Wildman–Crippen LogP) is 3.64. The quantitative estimate of drug-likeness (QED) is 0.682. The van der Waals surface area contributed by atoms with Crippen LogP contribution in [0.1, 0.15) is 28.7 Å². The zero-order valence-electron chi connectivity index (χ0n) is 17.0. The lowest BCUT2D eigenvalue weighted by Crippen LogP contribution is -2.33. The average molecular weight is 390 g/mol. The number of hydrogen-bond donors (Lipinski definition) is 0. The number of benzene rings is 2. The van der Waals surface area contributed by atoms with Crippen molar-refractivity contribution in [1.29, 1.82) is 0 Å². The van der Waals surface area contributed by atoms with E-state index in [0.29, 0.717) is 49.1 Å². The van der Waals surface area contributed by atoms with Gasteiger partial charge in [-0.3, -0.25) is 14.5 Å². The molecule has 3 aromatic rings. The summed E-state index contributed by atoms with van der Waals surface area (Å²) in [5, 5.41) is 0.620. The van der Waals surface area contributed by atoms with Crippen molar-refractivity contribution in [2.24, 2.45) is 0 Å². The van der Waals surface area contributed by atoms with Gasteiger partial charge < -0.3 is 9.32 Å². The van der Waals surface area contributed by atoms with E-state index in [0.717, 1.165) is 12.1 Å². The zero-order chi connectivity index (χ0) is 20.4. The lowest BCUT2D eigenvalue weighted by Gasteiger charge is -2.22. The molecule has 2 aromatic carbocycles. The molecule has 0 bridgehead atoms. The zero-order valence-corrected chi connectivity index (χ0v) is 17.0. The number of fused-ring (bicyclic) bond motifs is 1. The highest BCUT2D eigenvalue weighted by Gasteiger charge is 2.22. The van der Waals surface area contributed by atoms with Crippen LogP contribution in [0.15, 0.2) is 57.9 Å². The second-order valence-corrected chi connectivity index (χ2v) is 7.86. The fourth-order valence-electron chi connectivity index (χ4n) is 3.86. The van der Waals surface area contributed by atoms with Crippen LogP contribution in [-0.4, -0.2) is 35.3 Å². The number of carbonyl (C=O) groups is 1. The summed E-state index contributed by atoms with van der Waals surface area (Å²) in [4.78, 5) is 29.6. The smallest absolute Gasteiger partial charge is 0.224 e. The second kappa shape index (κ2) is 8.21. The highest BCUT2D eigenvalue weighted by molar-refractivity contribution is 5.78. The number of hydrogen-bond acceptors (Lipinski definition) is 4. The number of rotatable bonds is 4. The summed E-state index contributed by atoms with van der Waals surface area (Å²) in [6.07, 6.45) is 2.03. The number of aryl methyl sites for hydroxylation is 2. The van der Waals surface area contributed by atoms with Gasteiger partial charge in [-0.15, -0.1) is 0 Å².